The number of rotatable bonds is 4. The SMILES string of the molecule is C=C/C=C(\C=C)C1=NCc2c(C(=O)O)nc(C)n2-c2ccccc21. The smallest absolute Gasteiger partial charge is 0.356 e. The molecule has 1 aliphatic rings. The van der Waals surface area contributed by atoms with Crippen LogP contribution in [0.5, 0.6) is 0 Å². The summed E-state index contributed by atoms with van der Waals surface area (Å²) in [6.07, 6.45) is 5.25. The number of carboxylic acids is 1. The van der Waals surface area contributed by atoms with Gasteiger partial charge in [0.1, 0.15) is 5.82 Å². The number of allylic oxidation sites excluding steroid dienone is 4. The maximum absolute atomic E-state index is 11.5. The average molecular weight is 319 g/mol. The van der Waals surface area contributed by atoms with E-state index in [-0.39, 0.29) is 12.2 Å². The molecule has 0 aliphatic carbocycles. The molecule has 5 nitrogen and oxygen atoms in total. The van der Waals surface area contributed by atoms with Gasteiger partial charge in [0.25, 0.3) is 0 Å². The van der Waals surface area contributed by atoms with Crippen LogP contribution < -0.4 is 0 Å². The predicted molar refractivity (Wildman–Crippen MR) is 94.0 cm³/mol. The minimum atomic E-state index is -1.05. The molecule has 0 radical (unpaired) electrons. The molecule has 2 heterocycles. The minimum absolute atomic E-state index is 0.0418. The summed E-state index contributed by atoms with van der Waals surface area (Å²) in [5, 5.41) is 9.43. The predicted octanol–water partition coefficient (Wildman–Crippen LogP) is 3.48. The van der Waals surface area contributed by atoms with Crippen LogP contribution in [-0.4, -0.2) is 26.3 Å². The molecular formula is C19H17N3O2. The van der Waals surface area contributed by atoms with Crippen molar-refractivity contribution in [1.82, 2.24) is 9.55 Å². The number of aryl methyl sites for hydroxylation is 1. The molecule has 0 saturated heterocycles. The summed E-state index contributed by atoms with van der Waals surface area (Å²) in [7, 11) is 0. The van der Waals surface area contributed by atoms with E-state index >= 15 is 0 Å². The quantitative estimate of drug-likeness (QED) is 0.877. The van der Waals surface area contributed by atoms with Crippen molar-refractivity contribution in [1.29, 1.82) is 0 Å². The Morgan fingerprint density at radius 2 is 2.08 bits per heavy atom. The number of aliphatic imine (C=N–C) groups is 1. The molecule has 5 heteroatoms. The molecule has 120 valence electrons. The number of aromatic nitrogens is 2. The fourth-order valence-electron chi connectivity index (χ4n) is 2.94. The Morgan fingerprint density at radius 3 is 2.75 bits per heavy atom. The van der Waals surface area contributed by atoms with Crippen LogP contribution >= 0.6 is 0 Å². The summed E-state index contributed by atoms with van der Waals surface area (Å²) >= 11 is 0. The van der Waals surface area contributed by atoms with Gasteiger partial charge in [0.2, 0.25) is 0 Å². The lowest BCUT2D eigenvalue weighted by Gasteiger charge is -2.13. The van der Waals surface area contributed by atoms with E-state index in [1.807, 2.05) is 34.9 Å². The molecular weight excluding hydrogens is 302 g/mol. The second-order valence-electron chi connectivity index (χ2n) is 5.34. The van der Waals surface area contributed by atoms with Crippen LogP contribution in [0.4, 0.5) is 0 Å². The van der Waals surface area contributed by atoms with Crippen LogP contribution in [0.15, 0.2) is 66.2 Å². The Morgan fingerprint density at radius 1 is 1.33 bits per heavy atom. The summed E-state index contributed by atoms with van der Waals surface area (Å²) in [4.78, 5) is 20.4. The van der Waals surface area contributed by atoms with Crippen molar-refractivity contribution >= 4 is 11.7 Å². The molecule has 0 atom stereocenters. The third kappa shape index (κ3) is 2.40. The first kappa shape index (κ1) is 15.7. The van der Waals surface area contributed by atoms with Crippen LogP contribution in [0.25, 0.3) is 5.69 Å². The first-order valence-electron chi connectivity index (χ1n) is 7.49. The van der Waals surface area contributed by atoms with Gasteiger partial charge < -0.3 is 5.11 Å². The molecule has 1 aliphatic heterocycles. The van der Waals surface area contributed by atoms with Crippen LogP contribution in [0.3, 0.4) is 0 Å². The maximum atomic E-state index is 11.5. The van der Waals surface area contributed by atoms with E-state index in [2.05, 4.69) is 23.1 Å². The molecule has 0 unspecified atom stereocenters. The molecule has 1 N–H and O–H groups in total. The molecule has 0 saturated carbocycles. The highest BCUT2D eigenvalue weighted by Gasteiger charge is 2.26. The van der Waals surface area contributed by atoms with E-state index in [1.54, 1.807) is 19.1 Å². The van der Waals surface area contributed by atoms with Crippen LogP contribution in [0.1, 0.15) is 27.6 Å². The zero-order valence-corrected chi connectivity index (χ0v) is 13.4. The fourth-order valence-corrected chi connectivity index (χ4v) is 2.94. The van der Waals surface area contributed by atoms with E-state index in [0.717, 1.165) is 22.5 Å². The van der Waals surface area contributed by atoms with Gasteiger partial charge in [-0.15, -0.1) is 0 Å². The van der Waals surface area contributed by atoms with Crippen LogP contribution in [-0.2, 0) is 6.54 Å². The van der Waals surface area contributed by atoms with Gasteiger partial charge in [-0.05, 0) is 18.6 Å². The molecule has 0 bridgehead atoms. The lowest BCUT2D eigenvalue weighted by Crippen LogP contribution is -2.08. The highest BCUT2D eigenvalue weighted by molar-refractivity contribution is 6.16. The fraction of sp³-hybridized carbons (Fsp3) is 0.105. The number of aromatic carboxylic acids is 1. The van der Waals surface area contributed by atoms with Gasteiger partial charge in [-0.2, -0.15) is 0 Å². The van der Waals surface area contributed by atoms with Crippen molar-refractivity contribution < 1.29 is 9.90 Å². The van der Waals surface area contributed by atoms with Crippen molar-refractivity contribution in [3.8, 4) is 5.69 Å². The molecule has 24 heavy (non-hydrogen) atoms. The van der Waals surface area contributed by atoms with E-state index in [1.165, 1.54) is 0 Å². The molecule has 0 amide bonds. The third-order valence-corrected chi connectivity index (χ3v) is 3.92. The van der Waals surface area contributed by atoms with Gasteiger partial charge in [0.15, 0.2) is 5.69 Å². The first-order chi connectivity index (χ1) is 11.6. The molecule has 0 fully saturated rings. The number of carboxylic acid groups (broad SMARTS) is 1. The minimum Gasteiger partial charge on any atom is -0.476 e. The number of hydrogen-bond donors (Lipinski definition) is 1. The number of imidazole rings is 1. The van der Waals surface area contributed by atoms with Crippen molar-refractivity contribution in [3.63, 3.8) is 0 Å². The summed E-state index contributed by atoms with van der Waals surface area (Å²) in [5.41, 5.74) is 3.98. The van der Waals surface area contributed by atoms with Gasteiger partial charge in [-0.25, -0.2) is 9.78 Å². The topological polar surface area (TPSA) is 67.5 Å². The van der Waals surface area contributed by atoms with Crippen molar-refractivity contribution in [2.75, 3.05) is 0 Å². The van der Waals surface area contributed by atoms with Crippen LogP contribution in [0, 0.1) is 6.92 Å². The molecule has 3 rings (SSSR count). The number of benzene rings is 1. The Bertz CT molecular complexity index is 917. The first-order valence-corrected chi connectivity index (χ1v) is 7.49. The van der Waals surface area contributed by atoms with E-state index < -0.39 is 5.97 Å². The zero-order chi connectivity index (χ0) is 17.3. The van der Waals surface area contributed by atoms with Gasteiger partial charge in [-0.1, -0.05) is 49.6 Å². The number of nitrogens with zero attached hydrogens (tertiary/aromatic N) is 3. The van der Waals surface area contributed by atoms with E-state index in [0.29, 0.717) is 11.5 Å². The molecule has 1 aromatic carbocycles. The monoisotopic (exact) mass is 319 g/mol. The Balaban J connectivity index is 2.33. The zero-order valence-electron chi connectivity index (χ0n) is 13.4. The normalized spacial score (nSPS) is 13.4. The third-order valence-electron chi connectivity index (χ3n) is 3.92. The lowest BCUT2D eigenvalue weighted by atomic mass is 10.00. The second kappa shape index (κ2) is 6.12. The number of carbonyl (C=O) groups is 1. The standard InChI is InChI=1S/C19H17N3O2/c1-4-8-13(5-2)17-14-9-6-7-10-15(14)22-12(3)21-18(19(23)24)16(22)11-20-17/h4-10H,1-2,11H2,3H3,(H,23,24)/b13-8+. The van der Waals surface area contributed by atoms with Gasteiger partial charge in [0, 0.05) is 5.56 Å². The Kier molecular flexibility index (Phi) is 4.00. The van der Waals surface area contributed by atoms with E-state index in [4.69, 9.17) is 0 Å². The Labute approximate surface area is 140 Å². The highest BCUT2D eigenvalue weighted by atomic mass is 16.4. The van der Waals surface area contributed by atoms with Crippen molar-refractivity contribution in [2.24, 2.45) is 4.99 Å². The largest absolute Gasteiger partial charge is 0.476 e. The summed E-state index contributed by atoms with van der Waals surface area (Å²) in [5.74, 6) is -0.423. The number of hydrogen-bond acceptors (Lipinski definition) is 3. The van der Waals surface area contributed by atoms with Gasteiger partial charge in [0.05, 0.1) is 23.6 Å². The lowest BCUT2D eigenvalue weighted by molar-refractivity contribution is 0.0689. The van der Waals surface area contributed by atoms with Crippen molar-refractivity contribution in [2.45, 2.75) is 13.5 Å². The number of fused-ring (bicyclic) bond motifs is 3. The number of para-hydroxylation sites is 1. The summed E-state index contributed by atoms with van der Waals surface area (Å²) < 4.78 is 1.86. The van der Waals surface area contributed by atoms with Gasteiger partial charge in [-0.3, -0.25) is 9.56 Å². The summed E-state index contributed by atoms with van der Waals surface area (Å²) in [6.45, 7) is 9.61. The average Bonchev–Trinajstić information content (AvgIpc) is 2.81. The highest BCUT2D eigenvalue weighted by Crippen LogP contribution is 2.28. The molecule has 2 aromatic rings. The maximum Gasteiger partial charge on any atom is 0.356 e. The summed E-state index contributed by atoms with van der Waals surface area (Å²) in [6, 6.07) is 7.74. The molecule has 1 aromatic heterocycles. The Hall–Kier alpha value is -3.21. The second-order valence-corrected chi connectivity index (χ2v) is 5.34. The molecule has 0 spiro atoms. The van der Waals surface area contributed by atoms with Crippen LogP contribution in [0.2, 0.25) is 0 Å². The van der Waals surface area contributed by atoms with E-state index in [9.17, 15) is 9.90 Å². The van der Waals surface area contributed by atoms with Crippen molar-refractivity contribution in [3.05, 3.63) is 84.0 Å². The van der Waals surface area contributed by atoms with Gasteiger partial charge >= 0.3 is 5.97 Å².